The summed E-state index contributed by atoms with van der Waals surface area (Å²) < 4.78 is 5.38. The summed E-state index contributed by atoms with van der Waals surface area (Å²) in [6.07, 6.45) is 0. The van der Waals surface area contributed by atoms with Crippen molar-refractivity contribution in [2.75, 3.05) is 26.7 Å². The van der Waals surface area contributed by atoms with E-state index in [1.165, 1.54) is 0 Å². The minimum atomic E-state index is 0.549. The first-order valence-corrected chi connectivity index (χ1v) is 6.36. The molecule has 1 aromatic carbocycles. The van der Waals surface area contributed by atoms with Crippen LogP contribution in [-0.4, -0.2) is 37.7 Å². The van der Waals surface area contributed by atoms with Crippen LogP contribution in [-0.2, 0) is 6.54 Å². The van der Waals surface area contributed by atoms with Gasteiger partial charge in [0.05, 0.1) is 12.1 Å². The molecule has 0 aromatic heterocycles. The summed E-state index contributed by atoms with van der Waals surface area (Å²) in [4.78, 5) is 2.45. The third-order valence-electron chi connectivity index (χ3n) is 3.26. The predicted octanol–water partition coefficient (Wildman–Crippen LogP) is 2.14. The molecule has 1 atom stereocenters. The van der Waals surface area contributed by atoms with E-state index >= 15 is 0 Å². The molecule has 4 heteroatoms. The zero-order chi connectivity index (χ0) is 12.3. The Labute approximate surface area is 108 Å². The Morgan fingerprint density at radius 3 is 3.06 bits per heavy atom. The number of halogens is 1. The third-order valence-corrected chi connectivity index (χ3v) is 3.56. The maximum absolute atomic E-state index is 6.13. The molecule has 0 spiro atoms. The second-order valence-electron chi connectivity index (χ2n) is 4.46. The SMILES string of the molecule is COc1c(Cl)cccc1CN1CCNCC1C. The molecule has 0 bridgehead atoms. The number of hydrogen-bond donors (Lipinski definition) is 1. The lowest BCUT2D eigenvalue weighted by Crippen LogP contribution is -2.49. The number of nitrogens with zero attached hydrogens (tertiary/aromatic N) is 1. The molecular weight excluding hydrogens is 236 g/mol. The van der Waals surface area contributed by atoms with Crippen molar-refractivity contribution in [2.24, 2.45) is 0 Å². The van der Waals surface area contributed by atoms with E-state index in [2.05, 4.69) is 23.2 Å². The summed E-state index contributed by atoms with van der Waals surface area (Å²) in [6.45, 7) is 6.29. The molecule has 1 aliphatic rings. The second kappa shape index (κ2) is 5.71. The van der Waals surface area contributed by atoms with Crippen molar-refractivity contribution in [3.8, 4) is 5.75 Å². The van der Waals surface area contributed by atoms with Gasteiger partial charge in [-0.1, -0.05) is 23.7 Å². The highest BCUT2D eigenvalue weighted by atomic mass is 35.5. The number of rotatable bonds is 3. The zero-order valence-electron chi connectivity index (χ0n) is 10.4. The van der Waals surface area contributed by atoms with Crippen LogP contribution in [0.25, 0.3) is 0 Å². The molecule has 1 N–H and O–H groups in total. The molecule has 1 aromatic rings. The van der Waals surface area contributed by atoms with Gasteiger partial charge in [0, 0.05) is 37.8 Å². The first kappa shape index (κ1) is 12.7. The topological polar surface area (TPSA) is 24.5 Å². The lowest BCUT2D eigenvalue weighted by atomic mass is 10.1. The highest BCUT2D eigenvalue weighted by Crippen LogP contribution is 2.29. The fourth-order valence-electron chi connectivity index (χ4n) is 2.24. The van der Waals surface area contributed by atoms with E-state index in [0.717, 1.165) is 37.5 Å². The molecule has 94 valence electrons. The molecule has 2 rings (SSSR count). The molecule has 1 fully saturated rings. The van der Waals surface area contributed by atoms with Gasteiger partial charge in [-0.25, -0.2) is 0 Å². The fraction of sp³-hybridized carbons (Fsp3) is 0.538. The van der Waals surface area contributed by atoms with E-state index in [9.17, 15) is 0 Å². The van der Waals surface area contributed by atoms with Gasteiger partial charge in [0.2, 0.25) is 0 Å². The third kappa shape index (κ3) is 2.92. The zero-order valence-corrected chi connectivity index (χ0v) is 11.1. The standard InChI is InChI=1S/C13H19ClN2O/c1-10-8-15-6-7-16(10)9-11-4-3-5-12(14)13(11)17-2/h3-5,10,15H,6-9H2,1-2H3. The molecule has 1 heterocycles. The highest BCUT2D eigenvalue weighted by molar-refractivity contribution is 6.32. The Morgan fingerprint density at radius 2 is 2.35 bits per heavy atom. The number of para-hydroxylation sites is 1. The molecular formula is C13H19ClN2O. The molecule has 0 radical (unpaired) electrons. The smallest absolute Gasteiger partial charge is 0.141 e. The molecule has 1 saturated heterocycles. The minimum absolute atomic E-state index is 0.549. The number of benzene rings is 1. The average molecular weight is 255 g/mol. The Morgan fingerprint density at radius 1 is 1.53 bits per heavy atom. The van der Waals surface area contributed by atoms with Crippen molar-refractivity contribution < 1.29 is 4.74 Å². The second-order valence-corrected chi connectivity index (χ2v) is 4.86. The number of hydrogen-bond acceptors (Lipinski definition) is 3. The molecule has 3 nitrogen and oxygen atoms in total. The molecule has 0 aliphatic carbocycles. The monoisotopic (exact) mass is 254 g/mol. The summed E-state index contributed by atoms with van der Waals surface area (Å²) in [5.41, 5.74) is 1.16. The van der Waals surface area contributed by atoms with Crippen LogP contribution in [0.3, 0.4) is 0 Å². The van der Waals surface area contributed by atoms with Gasteiger partial charge < -0.3 is 10.1 Å². The number of ether oxygens (including phenoxy) is 1. The first-order valence-electron chi connectivity index (χ1n) is 5.98. The van der Waals surface area contributed by atoms with Crippen molar-refractivity contribution >= 4 is 11.6 Å². The number of piperazine rings is 1. The van der Waals surface area contributed by atoms with Crippen LogP contribution in [0.1, 0.15) is 12.5 Å². The van der Waals surface area contributed by atoms with Gasteiger partial charge in [0.25, 0.3) is 0 Å². The van der Waals surface area contributed by atoms with Gasteiger partial charge in [-0.15, -0.1) is 0 Å². The van der Waals surface area contributed by atoms with E-state index in [1.807, 2.05) is 12.1 Å². The van der Waals surface area contributed by atoms with Crippen LogP contribution in [0, 0.1) is 0 Å². The van der Waals surface area contributed by atoms with Gasteiger partial charge in [0.15, 0.2) is 0 Å². The van der Waals surface area contributed by atoms with Crippen LogP contribution >= 0.6 is 11.6 Å². The van der Waals surface area contributed by atoms with Gasteiger partial charge in [-0.2, -0.15) is 0 Å². The molecule has 0 saturated carbocycles. The van der Waals surface area contributed by atoms with E-state index in [-0.39, 0.29) is 0 Å². The summed E-state index contributed by atoms with van der Waals surface area (Å²) in [6, 6.07) is 6.48. The van der Waals surface area contributed by atoms with Crippen LogP contribution in [0.5, 0.6) is 5.75 Å². The van der Waals surface area contributed by atoms with Crippen molar-refractivity contribution in [3.05, 3.63) is 28.8 Å². The van der Waals surface area contributed by atoms with E-state index in [0.29, 0.717) is 11.1 Å². The number of methoxy groups -OCH3 is 1. The average Bonchev–Trinajstić information content (AvgIpc) is 2.32. The Kier molecular flexibility index (Phi) is 4.26. The summed E-state index contributed by atoms with van der Waals surface area (Å²) in [5, 5.41) is 4.08. The normalized spacial score (nSPS) is 21.5. The van der Waals surface area contributed by atoms with Crippen molar-refractivity contribution in [3.63, 3.8) is 0 Å². The Hall–Kier alpha value is -0.770. The molecule has 1 unspecified atom stereocenters. The van der Waals surface area contributed by atoms with E-state index in [4.69, 9.17) is 16.3 Å². The van der Waals surface area contributed by atoms with Gasteiger partial charge in [0.1, 0.15) is 5.75 Å². The van der Waals surface area contributed by atoms with Crippen LogP contribution in [0.4, 0.5) is 0 Å². The highest BCUT2D eigenvalue weighted by Gasteiger charge is 2.19. The molecule has 0 amide bonds. The molecule has 17 heavy (non-hydrogen) atoms. The minimum Gasteiger partial charge on any atom is -0.495 e. The Bertz CT molecular complexity index is 384. The first-order chi connectivity index (χ1) is 8.22. The maximum atomic E-state index is 6.13. The summed E-state index contributed by atoms with van der Waals surface area (Å²) >= 11 is 6.13. The molecule has 1 aliphatic heterocycles. The quantitative estimate of drug-likeness (QED) is 0.895. The largest absolute Gasteiger partial charge is 0.495 e. The predicted molar refractivity (Wildman–Crippen MR) is 70.7 cm³/mol. The van der Waals surface area contributed by atoms with Crippen molar-refractivity contribution in [2.45, 2.75) is 19.5 Å². The summed E-state index contributed by atoms with van der Waals surface area (Å²) in [7, 11) is 1.67. The van der Waals surface area contributed by atoms with Gasteiger partial charge >= 0.3 is 0 Å². The van der Waals surface area contributed by atoms with E-state index in [1.54, 1.807) is 7.11 Å². The van der Waals surface area contributed by atoms with Gasteiger partial charge in [-0.3, -0.25) is 4.90 Å². The van der Waals surface area contributed by atoms with Gasteiger partial charge in [-0.05, 0) is 13.0 Å². The van der Waals surface area contributed by atoms with Crippen LogP contribution < -0.4 is 10.1 Å². The van der Waals surface area contributed by atoms with Crippen LogP contribution in [0.2, 0.25) is 5.02 Å². The summed E-state index contributed by atoms with van der Waals surface area (Å²) in [5.74, 6) is 0.805. The lowest BCUT2D eigenvalue weighted by Gasteiger charge is -2.34. The number of nitrogens with one attached hydrogen (secondary N) is 1. The van der Waals surface area contributed by atoms with Crippen molar-refractivity contribution in [1.82, 2.24) is 10.2 Å². The van der Waals surface area contributed by atoms with Crippen molar-refractivity contribution in [1.29, 1.82) is 0 Å². The lowest BCUT2D eigenvalue weighted by molar-refractivity contribution is 0.164. The Balaban J connectivity index is 2.14. The van der Waals surface area contributed by atoms with Crippen LogP contribution in [0.15, 0.2) is 18.2 Å². The maximum Gasteiger partial charge on any atom is 0.141 e. The fourth-order valence-corrected chi connectivity index (χ4v) is 2.51. The van der Waals surface area contributed by atoms with E-state index < -0.39 is 0 Å².